The Balaban J connectivity index is 2.81. The predicted octanol–water partition coefficient (Wildman–Crippen LogP) is 2.42. The van der Waals surface area contributed by atoms with E-state index in [2.05, 4.69) is 20.8 Å². The summed E-state index contributed by atoms with van der Waals surface area (Å²) in [6.45, 7) is 8.47. The maximum absolute atomic E-state index is 11.8. The van der Waals surface area contributed by atoms with Crippen LogP contribution >= 0.6 is 0 Å². The second kappa shape index (κ2) is 7.65. The van der Waals surface area contributed by atoms with Crippen molar-refractivity contribution >= 4 is 5.97 Å². The Morgan fingerprint density at radius 3 is 2.58 bits per heavy atom. The second-order valence-electron chi connectivity index (χ2n) is 5.21. The third kappa shape index (κ3) is 4.32. The van der Waals surface area contributed by atoms with Crippen LogP contribution in [-0.4, -0.2) is 30.8 Å². The van der Waals surface area contributed by atoms with E-state index in [1.54, 1.807) is 0 Å². The van der Waals surface area contributed by atoms with Gasteiger partial charge in [0.05, 0.1) is 18.8 Å². The van der Waals surface area contributed by atoms with Crippen LogP contribution in [0.15, 0.2) is 11.6 Å². The van der Waals surface area contributed by atoms with Crippen molar-refractivity contribution in [2.75, 3.05) is 6.61 Å². The zero-order valence-electron chi connectivity index (χ0n) is 12.5. The summed E-state index contributed by atoms with van der Waals surface area (Å²) in [6, 6.07) is -0.0567. The van der Waals surface area contributed by atoms with E-state index in [0.29, 0.717) is 18.6 Å². The van der Waals surface area contributed by atoms with E-state index in [1.807, 2.05) is 13.0 Å². The summed E-state index contributed by atoms with van der Waals surface area (Å²) in [5, 5.41) is 0. The average molecular weight is 269 g/mol. The molecule has 4 heteroatoms. The molecule has 110 valence electrons. The van der Waals surface area contributed by atoms with Gasteiger partial charge in [0.15, 0.2) is 0 Å². The van der Waals surface area contributed by atoms with Crippen molar-refractivity contribution in [3.05, 3.63) is 11.6 Å². The summed E-state index contributed by atoms with van der Waals surface area (Å²) in [5.41, 5.74) is 6.90. The second-order valence-corrected chi connectivity index (χ2v) is 5.21. The standard InChI is InChI=1S/C15H27NO3/c1-5-12(6-2)19-13-9-11(15(17)18-7-3)8-10(4)14(13)16/h9-10,12-14H,5-8,16H2,1-4H3/t10-,13+,14+/m0/s1. The fraction of sp³-hybridized carbons (Fsp3) is 0.800. The molecule has 0 aromatic heterocycles. The first-order valence-corrected chi connectivity index (χ1v) is 7.32. The molecule has 1 aliphatic rings. The van der Waals surface area contributed by atoms with Crippen molar-refractivity contribution in [3.63, 3.8) is 0 Å². The number of carbonyl (C=O) groups excluding carboxylic acids is 1. The lowest BCUT2D eigenvalue weighted by atomic mass is 9.84. The van der Waals surface area contributed by atoms with Crippen LogP contribution in [0.1, 0.15) is 47.0 Å². The van der Waals surface area contributed by atoms with Crippen molar-refractivity contribution in [1.29, 1.82) is 0 Å². The van der Waals surface area contributed by atoms with Crippen molar-refractivity contribution in [1.82, 2.24) is 0 Å². The van der Waals surface area contributed by atoms with Gasteiger partial charge in [0.1, 0.15) is 0 Å². The Morgan fingerprint density at radius 1 is 1.42 bits per heavy atom. The molecule has 1 aliphatic carbocycles. The van der Waals surface area contributed by atoms with Crippen LogP contribution in [0.4, 0.5) is 0 Å². The number of carbonyl (C=O) groups is 1. The molecular weight excluding hydrogens is 242 g/mol. The Labute approximate surface area is 116 Å². The lowest BCUT2D eigenvalue weighted by Crippen LogP contribution is -2.45. The van der Waals surface area contributed by atoms with Gasteiger partial charge in [-0.2, -0.15) is 0 Å². The maximum atomic E-state index is 11.8. The molecule has 0 aromatic rings. The van der Waals surface area contributed by atoms with E-state index >= 15 is 0 Å². The molecule has 0 aliphatic heterocycles. The van der Waals surface area contributed by atoms with Crippen LogP contribution < -0.4 is 5.73 Å². The average Bonchev–Trinajstić information content (AvgIpc) is 2.40. The molecule has 0 bridgehead atoms. The molecule has 0 fully saturated rings. The molecule has 4 nitrogen and oxygen atoms in total. The predicted molar refractivity (Wildman–Crippen MR) is 75.7 cm³/mol. The molecule has 0 radical (unpaired) electrons. The Hall–Kier alpha value is -0.870. The summed E-state index contributed by atoms with van der Waals surface area (Å²) in [6.07, 6.45) is 4.45. The van der Waals surface area contributed by atoms with Gasteiger partial charge in [-0.1, -0.05) is 20.8 Å². The zero-order valence-corrected chi connectivity index (χ0v) is 12.5. The summed E-state index contributed by atoms with van der Waals surface area (Å²) in [5.74, 6) is -0.0110. The maximum Gasteiger partial charge on any atom is 0.333 e. The normalized spacial score (nSPS) is 27.3. The number of nitrogens with two attached hydrogens (primary N) is 1. The Kier molecular flexibility index (Phi) is 6.52. The van der Waals surface area contributed by atoms with Gasteiger partial charge in [-0.15, -0.1) is 0 Å². The lowest BCUT2D eigenvalue weighted by molar-refractivity contribution is -0.139. The molecule has 0 aromatic carbocycles. The van der Waals surface area contributed by atoms with E-state index in [-0.39, 0.29) is 30.1 Å². The largest absolute Gasteiger partial charge is 0.463 e. The minimum Gasteiger partial charge on any atom is -0.463 e. The number of hydrogen-bond acceptors (Lipinski definition) is 4. The molecular formula is C15H27NO3. The minimum absolute atomic E-state index is 0.0567. The van der Waals surface area contributed by atoms with E-state index in [1.165, 1.54) is 0 Å². The monoisotopic (exact) mass is 269 g/mol. The lowest BCUT2D eigenvalue weighted by Gasteiger charge is -2.34. The van der Waals surface area contributed by atoms with Gasteiger partial charge in [-0.05, 0) is 38.2 Å². The highest BCUT2D eigenvalue weighted by atomic mass is 16.5. The van der Waals surface area contributed by atoms with Crippen LogP contribution in [-0.2, 0) is 14.3 Å². The summed E-state index contributed by atoms with van der Waals surface area (Å²) >= 11 is 0. The van der Waals surface area contributed by atoms with Crippen LogP contribution in [0.5, 0.6) is 0 Å². The SMILES string of the molecule is CCOC(=O)C1=C[C@@H](OC(CC)CC)[C@H](N)[C@@H](C)C1. The molecule has 0 spiro atoms. The molecule has 3 atom stereocenters. The molecule has 2 N–H and O–H groups in total. The van der Waals surface area contributed by atoms with E-state index in [9.17, 15) is 4.79 Å². The number of rotatable bonds is 6. The smallest absolute Gasteiger partial charge is 0.333 e. The third-order valence-corrected chi connectivity index (χ3v) is 3.74. The highest BCUT2D eigenvalue weighted by Crippen LogP contribution is 2.27. The Morgan fingerprint density at radius 2 is 2.05 bits per heavy atom. The Bertz CT molecular complexity index is 323. The molecule has 0 saturated heterocycles. The van der Waals surface area contributed by atoms with Gasteiger partial charge >= 0.3 is 5.97 Å². The van der Waals surface area contributed by atoms with Crippen molar-refractivity contribution < 1.29 is 14.3 Å². The number of hydrogen-bond donors (Lipinski definition) is 1. The first-order valence-electron chi connectivity index (χ1n) is 7.32. The molecule has 0 heterocycles. The van der Waals surface area contributed by atoms with Gasteiger partial charge in [-0.25, -0.2) is 4.79 Å². The highest BCUT2D eigenvalue weighted by molar-refractivity contribution is 5.88. The molecule has 1 rings (SSSR count). The number of esters is 1. The van der Waals surface area contributed by atoms with Crippen LogP contribution in [0.25, 0.3) is 0 Å². The quantitative estimate of drug-likeness (QED) is 0.752. The highest BCUT2D eigenvalue weighted by Gasteiger charge is 2.32. The van der Waals surface area contributed by atoms with Crippen molar-refractivity contribution in [2.45, 2.75) is 65.2 Å². The molecule has 0 amide bonds. The van der Waals surface area contributed by atoms with Gasteiger partial charge in [-0.3, -0.25) is 0 Å². The summed E-state index contributed by atoms with van der Waals surface area (Å²) in [7, 11) is 0. The molecule has 0 saturated carbocycles. The van der Waals surface area contributed by atoms with Gasteiger partial charge in [0, 0.05) is 11.6 Å². The van der Waals surface area contributed by atoms with E-state index < -0.39 is 0 Å². The molecule has 0 unspecified atom stereocenters. The van der Waals surface area contributed by atoms with Crippen LogP contribution in [0.2, 0.25) is 0 Å². The van der Waals surface area contributed by atoms with Crippen LogP contribution in [0, 0.1) is 5.92 Å². The third-order valence-electron chi connectivity index (χ3n) is 3.74. The minimum atomic E-state index is -0.237. The fourth-order valence-corrected chi connectivity index (χ4v) is 2.39. The molecule has 19 heavy (non-hydrogen) atoms. The van der Waals surface area contributed by atoms with Gasteiger partial charge in [0.2, 0.25) is 0 Å². The van der Waals surface area contributed by atoms with Crippen molar-refractivity contribution in [2.24, 2.45) is 11.7 Å². The van der Waals surface area contributed by atoms with Crippen LogP contribution in [0.3, 0.4) is 0 Å². The summed E-state index contributed by atoms with van der Waals surface area (Å²) < 4.78 is 11.1. The number of ether oxygens (including phenoxy) is 2. The first-order chi connectivity index (χ1) is 9.03. The van der Waals surface area contributed by atoms with E-state index in [0.717, 1.165) is 12.8 Å². The van der Waals surface area contributed by atoms with Crippen molar-refractivity contribution in [3.8, 4) is 0 Å². The first kappa shape index (κ1) is 16.2. The topological polar surface area (TPSA) is 61.5 Å². The van der Waals surface area contributed by atoms with E-state index in [4.69, 9.17) is 15.2 Å². The zero-order chi connectivity index (χ0) is 14.4. The van der Waals surface area contributed by atoms with Gasteiger partial charge in [0.25, 0.3) is 0 Å². The van der Waals surface area contributed by atoms with Gasteiger partial charge < -0.3 is 15.2 Å². The fourth-order valence-electron chi connectivity index (χ4n) is 2.39. The summed E-state index contributed by atoms with van der Waals surface area (Å²) in [4.78, 5) is 11.8.